The predicted molar refractivity (Wildman–Crippen MR) is 86.0 cm³/mol. The lowest BCUT2D eigenvalue weighted by molar-refractivity contribution is 0.0527. The van der Waals surface area contributed by atoms with E-state index in [2.05, 4.69) is 19.2 Å². The Bertz CT molecular complexity index is 246. The normalized spacial score (nSPS) is 13.1. The van der Waals surface area contributed by atoms with E-state index in [4.69, 9.17) is 4.74 Å². The topological polar surface area (TPSA) is 38.3 Å². The van der Waals surface area contributed by atoms with Crippen LogP contribution in [0.25, 0.3) is 0 Å². The number of rotatable bonds is 10. The van der Waals surface area contributed by atoms with E-state index in [0.717, 1.165) is 18.9 Å². The van der Waals surface area contributed by atoms with E-state index < -0.39 is 5.60 Å². The maximum atomic E-state index is 11.4. The van der Waals surface area contributed by atoms with Crippen molar-refractivity contribution in [1.29, 1.82) is 0 Å². The van der Waals surface area contributed by atoms with Crippen molar-refractivity contribution in [1.82, 2.24) is 5.32 Å². The second kappa shape index (κ2) is 11.0. The molecule has 0 aromatic carbocycles. The average molecular weight is 285 g/mol. The van der Waals surface area contributed by atoms with Crippen molar-refractivity contribution in [3.05, 3.63) is 0 Å². The third-order valence-corrected chi connectivity index (χ3v) is 3.34. The van der Waals surface area contributed by atoms with Crippen LogP contribution in [-0.4, -0.2) is 18.2 Å². The van der Waals surface area contributed by atoms with Crippen LogP contribution in [0.4, 0.5) is 4.79 Å². The first-order valence-corrected chi connectivity index (χ1v) is 8.32. The van der Waals surface area contributed by atoms with E-state index in [1.54, 1.807) is 0 Å². The molecule has 0 aliphatic heterocycles. The molecule has 0 aliphatic rings. The maximum absolute atomic E-state index is 11.4. The third kappa shape index (κ3) is 13.7. The molecule has 20 heavy (non-hydrogen) atoms. The lowest BCUT2D eigenvalue weighted by Crippen LogP contribution is -2.32. The van der Waals surface area contributed by atoms with Crippen LogP contribution in [0.15, 0.2) is 0 Å². The van der Waals surface area contributed by atoms with E-state index in [-0.39, 0.29) is 6.09 Å². The molecule has 0 aliphatic carbocycles. The zero-order valence-electron chi connectivity index (χ0n) is 14.3. The number of hydrogen-bond donors (Lipinski definition) is 1. The Morgan fingerprint density at radius 2 is 1.65 bits per heavy atom. The van der Waals surface area contributed by atoms with Gasteiger partial charge in [0.15, 0.2) is 0 Å². The minimum atomic E-state index is -0.404. The third-order valence-electron chi connectivity index (χ3n) is 3.34. The van der Waals surface area contributed by atoms with Crippen LogP contribution in [0.5, 0.6) is 0 Å². The Balaban J connectivity index is 3.34. The second-order valence-corrected chi connectivity index (χ2v) is 6.88. The molecule has 0 aromatic rings. The molecule has 0 saturated carbocycles. The van der Waals surface area contributed by atoms with Gasteiger partial charge in [0.2, 0.25) is 0 Å². The number of hydrogen-bond acceptors (Lipinski definition) is 2. The molecule has 0 spiro atoms. The Labute approximate surface area is 125 Å². The number of amides is 1. The SMILES string of the molecule is CCCCC(C)CCCCCCNC(=O)OC(C)(C)C. The molecule has 1 unspecified atom stereocenters. The maximum Gasteiger partial charge on any atom is 0.407 e. The van der Waals surface area contributed by atoms with Crippen LogP contribution >= 0.6 is 0 Å². The number of unbranched alkanes of at least 4 members (excludes halogenated alkanes) is 4. The quantitative estimate of drug-likeness (QED) is 0.554. The first-order valence-electron chi connectivity index (χ1n) is 8.32. The lowest BCUT2D eigenvalue weighted by Gasteiger charge is -2.19. The van der Waals surface area contributed by atoms with Crippen molar-refractivity contribution < 1.29 is 9.53 Å². The van der Waals surface area contributed by atoms with E-state index in [1.807, 2.05) is 20.8 Å². The summed E-state index contributed by atoms with van der Waals surface area (Å²) in [6.45, 7) is 11.0. The smallest absolute Gasteiger partial charge is 0.407 e. The number of ether oxygens (including phenoxy) is 1. The number of carbonyl (C=O) groups excluding carboxylic acids is 1. The summed E-state index contributed by atoms with van der Waals surface area (Å²) in [5, 5.41) is 2.81. The largest absolute Gasteiger partial charge is 0.444 e. The monoisotopic (exact) mass is 285 g/mol. The van der Waals surface area contributed by atoms with Gasteiger partial charge in [0.25, 0.3) is 0 Å². The Morgan fingerprint density at radius 1 is 1.05 bits per heavy atom. The van der Waals surface area contributed by atoms with Crippen molar-refractivity contribution in [3.8, 4) is 0 Å². The van der Waals surface area contributed by atoms with Crippen molar-refractivity contribution in [2.75, 3.05) is 6.54 Å². The molecule has 3 nitrogen and oxygen atoms in total. The zero-order valence-corrected chi connectivity index (χ0v) is 14.3. The summed E-state index contributed by atoms with van der Waals surface area (Å²) in [4.78, 5) is 11.4. The van der Waals surface area contributed by atoms with Crippen LogP contribution in [-0.2, 0) is 4.74 Å². The minimum Gasteiger partial charge on any atom is -0.444 e. The summed E-state index contributed by atoms with van der Waals surface area (Å²) < 4.78 is 5.18. The van der Waals surface area contributed by atoms with Gasteiger partial charge in [0.1, 0.15) is 5.60 Å². The Kier molecular flexibility index (Phi) is 10.6. The first kappa shape index (κ1) is 19.3. The van der Waals surface area contributed by atoms with Crippen LogP contribution < -0.4 is 5.32 Å². The van der Waals surface area contributed by atoms with Crippen molar-refractivity contribution in [2.24, 2.45) is 5.92 Å². The molecule has 120 valence electrons. The minimum absolute atomic E-state index is 0.300. The van der Waals surface area contributed by atoms with Crippen molar-refractivity contribution in [3.63, 3.8) is 0 Å². The summed E-state index contributed by atoms with van der Waals surface area (Å²) in [5.74, 6) is 0.870. The molecule has 0 heterocycles. The standard InChI is InChI=1S/C17H35NO2/c1-6-7-12-15(2)13-10-8-9-11-14-18-16(19)20-17(3,4)5/h15H,6-14H2,1-5H3,(H,18,19). The number of alkyl carbamates (subject to hydrolysis) is 1. The number of carbonyl (C=O) groups is 1. The van der Waals surface area contributed by atoms with Gasteiger partial charge in [-0.1, -0.05) is 58.8 Å². The molecule has 1 atom stereocenters. The van der Waals surface area contributed by atoms with E-state index in [0.29, 0.717) is 0 Å². The lowest BCUT2D eigenvalue weighted by atomic mass is 9.97. The highest BCUT2D eigenvalue weighted by atomic mass is 16.6. The first-order chi connectivity index (χ1) is 9.35. The molecule has 0 saturated heterocycles. The van der Waals surface area contributed by atoms with Crippen LogP contribution in [0.3, 0.4) is 0 Å². The van der Waals surface area contributed by atoms with E-state index in [1.165, 1.54) is 44.9 Å². The molecule has 0 fully saturated rings. The van der Waals surface area contributed by atoms with Crippen LogP contribution in [0.2, 0.25) is 0 Å². The van der Waals surface area contributed by atoms with Gasteiger partial charge in [0.05, 0.1) is 0 Å². The van der Waals surface area contributed by atoms with Gasteiger partial charge < -0.3 is 10.1 Å². The van der Waals surface area contributed by atoms with Gasteiger partial charge >= 0.3 is 6.09 Å². The summed E-state index contributed by atoms with van der Waals surface area (Å²) >= 11 is 0. The highest BCUT2D eigenvalue weighted by Gasteiger charge is 2.15. The highest BCUT2D eigenvalue weighted by Crippen LogP contribution is 2.16. The summed E-state index contributed by atoms with van der Waals surface area (Å²) in [6.07, 6.45) is 9.91. The zero-order chi connectivity index (χ0) is 15.4. The molecule has 0 radical (unpaired) electrons. The molecule has 0 bridgehead atoms. The van der Waals surface area contributed by atoms with Crippen molar-refractivity contribution >= 4 is 6.09 Å². The van der Waals surface area contributed by atoms with Gasteiger partial charge in [-0.15, -0.1) is 0 Å². The Hall–Kier alpha value is -0.730. The molecular formula is C17H35NO2. The average Bonchev–Trinajstić information content (AvgIpc) is 2.33. The van der Waals surface area contributed by atoms with Gasteiger partial charge in [-0.25, -0.2) is 4.79 Å². The van der Waals surface area contributed by atoms with Gasteiger partial charge in [-0.2, -0.15) is 0 Å². The van der Waals surface area contributed by atoms with E-state index >= 15 is 0 Å². The summed E-state index contributed by atoms with van der Waals surface area (Å²) in [5.41, 5.74) is -0.404. The molecule has 3 heteroatoms. The fourth-order valence-corrected chi connectivity index (χ4v) is 2.17. The van der Waals surface area contributed by atoms with Gasteiger partial charge in [-0.05, 0) is 33.1 Å². The van der Waals surface area contributed by atoms with Gasteiger partial charge in [-0.3, -0.25) is 0 Å². The second-order valence-electron chi connectivity index (χ2n) is 6.88. The summed E-state index contributed by atoms with van der Waals surface area (Å²) in [7, 11) is 0. The van der Waals surface area contributed by atoms with E-state index in [9.17, 15) is 4.79 Å². The molecule has 0 aromatic heterocycles. The molecule has 0 rings (SSSR count). The molecular weight excluding hydrogens is 250 g/mol. The van der Waals surface area contributed by atoms with Crippen LogP contribution in [0.1, 0.15) is 86.0 Å². The molecule has 1 N–H and O–H groups in total. The van der Waals surface area contributed by atoms with Crippen LogP contribution in [0, 0.1) is 5.92 Å². The Morgan fingerprint density at radius 3 is 2.25 bits per heavy atom. The van der Waals surface area contributed by atoms with Gasteiger partial charge in [0, 0.05) is 6.54 Å². The van der Waals surface area contributed by atoms with Crippen molar-refractivity contribution in [2.45, 2.75) is 91.6 Å². The molecule has 1 amide bonds. The fraction of sp³-hybridized carbons (Fsp3) is 0.941. The summed E-state index contributed by atoms with van der Waals surface area (Å²) in [6, 6.07) is 0. The fourth-order valence-electron chi connectivity index (χ4n) is 2.17. The highest BCUT2D eigenvalue weighted by molar-refractivity contribution is 5.67. The number of nitrogens with one attached hydrogen (secondary N) is 1. The predicted octanol–water partition coefficient (Wildman–Crippen LogP) is 5.29.